The molecule has 2 unspecified atom stereocenters. The van der Waals surface area contributed by atoms with Crippen LogP contribution in [0, 0.1) is 5.92 Å². The lowest BCUT2D eigenvalue weighted by molar-refractivity contribution is 0.0486. The average Bonchev–Trinajstić information content (AvgIpc) is 3.05. The Hall–Kier alpha value is -2.29. The minimum Gasteiger partial charge on any atom is -0.444 e. The van der Waals surface area contributed by atoms with E-state index in [1.54, 1.807) is 7.05 Å². The molecular weight excluding hydrogens is 394 g/mol. The summed E-state index contributed by atoms with van der Waals surface area (Å²) >= 11 is 0. The van der Waals surface area contributed by atoms with Gasteiger partial charge in [-0.15, -0.1) is 0 Å². The first-order valence-corrected chi connectivity index (χ1v) is 10.9. The second kappa shape index (κ2) is 11.9. The molecule has 1 aromatic rings. The van der Waals surface area contributed by atoms with Crippen molar-refractivity contribution in [1.82, 2.24) is 30.2 Å². The molecule has 1 rings (SSSR count). The van der Waals surface area contributed by atoms with Gasteiger partial charge in [-0.05, 0) is 47.2 Å². The number of ether oxygens (including phenoxy) is 1. The van der Waals surface area contributed by atoms with Gasteiger partial charge < -0.3 is 25.2 Å². The molecule has 0 saturated heterocycles. The molecule has 178 valence electrons. The zero-order valence-corrected chi connectivity index (χ0v) is 21.1. The van der Waals surface area contributed by atoms with Crippen LogP contribution < -0.4 is 10.6 Å². The van der Waals surface area contributed by atoms with Crippen molar-refractivity contribution in [2.45, 2.75) is 58.7 Å². The molecular formula is C22H43N7O2. The van der Waals surface area contributed by atoms with Crippen LogP contribution in [0.2, 0.25) is 0 Å². The number of hydrogen-bond donors (Lipinski definition) is 2. The van der Waals surface area contributed by atoms with Crippen LogP contribution in [0.1, 0.15) is 52.6 Å². The number of nitrogens with zero attached hydrogens (tertiary/aromatic N) is 5. The molecule has 0 aliphatic carbocycles. The van der Waals surface area contributed by atoms with E-state index in [0.29, 0.717) is 12.5 Å². The lowest BCUT2D eigenvalue weighted by Gasteiger charge is -2.30. The number of aryl methyl sites for hydroxylation is 1. The van der Waals surface area contributed by atoms with Gasteiger partial charge in [0.05, 0.1) is 12.2 Å². The van der Waals surface area contributed by atoms with Gasteiger partial charge in [-0.3, -0.25) is 9.67 Å². The first-order chi connectivity index (χ1) is 14.3. The summed E-state index contributed by atoms with van der Waals surface area (Å²) in [5.41, 5.74) is 0.644. The molecule has 0 bridgehead atoms. The van der Waals surface area contributed by atoms with E-state index < -0.39 is 5.60 Å². The van der Waals surface area contributed by atoms with E-state index in [4.69, 9.17) is 4.74 Å². The number of aromatic nitrogens is 2. The molecule has 1 aromatic heterocycles. The molecule has 0 saturated carbocycles. The van der Waals surface area contributed by atoms with E-state index in [9.17, 15) is 4.79 Å². The van der Waals surface area contributed by atoms with Crippen LogP contribution in [0.4, 0.5) is 4.79 Å². The first-order valence-electron chi connectivity index (χ1n) is 10.9. The second-order valence-corrected chi connectivity index (χ2v) is 9.56. The van der Waals surface area contributed by atoms with Crippen LogP contribution in [0.15, 0.2) is 17.4 Å². The van der Waals surface area contributed by atoms with Crippen LogP contribution in [0.3, 0.4) is 0 Å². The highest BCUT2D eigenvalue weighted by atomic mass is 16.6. The van der Waals surface area contributed by atoms with Gasteiger partial charge in [0.2, 0.25) is 0 Å². The van der Waals surface area contributed by atoms with Crippen molar-refractivity contribution < 1.29 is 9.53 Å². The van der Waals surface area contributed by atoms with E-state index in [2.05, 4.69) is 58.5 Å². The minimum absolute atomic E-state index is 0.0142. The summed E-state index contributed by atoms with van der Waals surface area (Å²) in [6, 6.07) is 0.191. The van der Waals surface area contributed by atoms with Crippen molar-refractivity contribution in [1.29, 1.82) is 0 Å². The van der Waals surface area contributed by atoms with Crippen LogP contribution in [-0.2, 0) is 11.8 Å². The van der Waals surface area contributed by atoms with Gasteiger partial charge in [0, 0.05) is 52.0 Å². The third-order valence-corrected chi connectivity index (χ3v) is 5.04. The topological polar surface area (TPSA) is 87.0 Å². The molecule has 2 N–H and O–H groups in total. The minimum atomic E-state index is -0.508. The third-order valence-electron chi connectivity index (χ3n) is 5.04. The fraction of sp³-hybridized carbons (Fsp3) is 0.773. The number of amides is 1. The summed E-state index contributed by atoms with van der Waals surface area (Å²) in [4.78, 5) is 20.9. The summed E-state index contributed by atoms with van der Waals surface area (Å²) in [6.45, 7) is 11.3. The van der Waals surface area contributed by atoms with Crippen LogP contribution in [-0.4, -0.2) is 84.6 Å². The number of rotatable bonds is 9. The highest BCUT2D eigenvalue weighted by Crippen LogP contribution is 2.16. The molecule has 0 aliphatic rings. The molecule has 9 nitrogen and oxygen atoms in total. The molecule has 0 spiro atoms. The molecule has 1 amide bonds. The fourth-order valence-electron chi connectivity index (χ4n) is 3.25. The Kier molecular flexibility index (Phi) is 10.3. The average molecular weight is 438 g/mol. The number of guanidine groups is 1. The zero-order chi connectivity index (χ0) is 23.8. The lowest BCUT2D eigenvalue weighted by atomic mass is 10.0. The predicted molar refractivity (Wildman–Crippen MR) is 126 cm³/mol. The van der Waals surface area contributed by atoms with E-state index in [-0.39, 0.29) is 18.2 Å². The molecule has 2 atom stereocenters. The van der Waals surface area contributed by atoms with Gasteiger partial charge in [-0.1, -0.05) is 13.8 Å². The molecule has 1 heterocycles. The maximum atomic E-state index is 12.2. The number of carbonyl (C=O) groups is 1. The Morgan fingerprint density at radius 2 is 1.94 bits per heavy atom. The smallest absolute Gasteiger partial charge is 0.407 e. The van der Waals surface area contributed by atoms with Gasteiger partial charge in [-0.2, -0.15) is 5.10 Å². The number of nitrogens with one attached hydrogen (secondary N) is 2. The number of hydrogen-bond acceptors (Lipinski definition) is 5. The summed E-state index contributed by atoms with van der Waals surface area (Å²) in [7, 11) is 9.83. The van der Waals surface area contributed by atoms with Crippen molar-refractivity contribution in [3.05, 3.63) is 18.0 Å². The quantitative estimate of drug-likeness (QED) is 0.456. The van der Waals surface area contributed by atoms with Gasteiger partial charge >= 0.3 is 6.09 Å². The van der Waals surface area contributed by atoms with Gasteiger partial charge in [-0.25, -0.2) is 4.79 Å². The van der Waals surface area contributed by atoms with E-state index in [1.807, 2.05) is 51.9 Å². The Morgan fingerprint density at radius 3 is 2.39 bits per heavy atom. The monoisotopic (exact) mass is 437 g/mol. The van der Waals surface area contributed by atoms with Crippen molar-refractivity contribution >= 4 is 12.1 Å². The van der Waals surface area contributed by atoms with Crippen LogP contribution in [0.25, 0.3) is 0 Å². The standard InChI is InChI=1S/C22H43N7O2/c1-16(2)18(26-21(30)31-22(3,4)5)11-12-28(9)20(23-6)24-14-19(27(7)8)17-13-25-29(10)15-17/h13,15-16,18-19H,11-12,14H2,1-10H3,(H,23,24)(H,26,30). The van der Waals surface area contributed by atoms with Crippen molar-refractivity contribution in [3.63, 3.8) is 0 Å². The maximum absolute atomic E-state index is 12.2. The summed E-state index contributed by atoms with van der Waals surface area (Å²) in [5.74, 6) is 1.11. The molecule has 0 aliphatic heterocycles. The Labute approximate surface area is 188 Å². The molecule has 0 aromatic carbocycles. The largest absolute Gasteiger partial charge is 0.444 e. The van der Waals surface area contributed by atoms with Gasteiger partial charge in [0.25, 0.3) is 0 Å². The SMILES string of the molecule is CN=C(NCC(c1cnn(C)c1)N(C)C)N(C)CCC(NC(=O)OC(C)(C)C)C(C)C. The van der Waals surface area contributed by atoms with Crippen LogP contribution >= 0.6 is 0 Å². The van der Waals surface area contributed by atoms with Gasteiger partial charge in [0.1, 0.15) is 5.60 Å². The number of alkyl carbamates (subject to hydrolysis) is 1. The molecule has 31 heavy (non-hydrogen) atoms. The summed E-state index contributed by atoms with van der Waals surface area (Å²) in [6.07, 6.45) is 4.35. The molecule has 0 radical (unpaired) electrons. The third kappa shape index (κ3) is 9.59. The Balaban J connectivity index is 2.65. The van der Waals surface area contributed by atoms with Crippen molar-refractivity contribution in [3.8, 4) is 0 Å². The van der Waals surface area contributed by atoms with Gasteiger partial charge in [0.15, 0.2) is 5.96 Å². The summed E-state index contributed by atoms with van der Waals surface area (Å²) < 4.78 is 7.23. The fourth-order valence-corrected chi connectivity index (χ4v) is 3.25. The zero-order valence-electron chi connectivity index (χ0n) is 21.1. The number of aliphatic imine (C=N–C) groups is 1. The van der Waals surface area contributed by atoms with Crippen LogP contribution in [0.5, 0.6) is 0 Å². The lowest BCUT2D eigenvalue weighted by Crippen LogP contribution is -2.46. The van der Waals surface area contributed by atoms with Crippen molar-refractivity contribution in [2.24, 2.45) is 18.0 Å². The normalized spacial score (nSPS) is 14.5. The highest BCUT2D eigenvalue weighted by Gasteiger charge is 2.22. The maximum Gasteiger partial charge on any atom is 0.407 e. The predicted octanol–water partition coefficient (Wildman–Crippen LogP) is 2.47. The number of likely N-dealkylation sites (N-methyl/N-ethyl adjacent to an activating group) is 1. The highest BCUT2D eigenvalue weighted by molar-refractivity contribution is 5.79. The second-order valence-electron chi connectivity index (χ2n) is 9.56. The van der Waals surface area contributed by atoms with E-state index >= 15 is 0 Å². The number of carbonyl (C=O) groups excluding carboxylic acids is 1. The summed E-state index contributed by atoms with van der Waals surface area (Å²) in [5, 5.41) is 10.8. The Morgan fingerprint density at radius 1 is 1.29 bits per heavy atom. The Bertz CT molecular complexity index is 707. The first kappa shape index (κ1) is 26.7. The molecule has 0 fully saturated rings. The van der Waals surface area contributed by atoms with E-state index in [1.165, 1.54) is 0 Å². The van der Waals surface area contributed by atoms with E-state index in [0.717, 1.165) is 24.5 Å². The van der Waals surface area contributed by atoms with Crippen molar-refractivity contribution in [2.75, 3.05) is 41.3 Å². The molecule has 9 heteroatoms.